The van der Waals surface area contributed by atoms with Crippen molar-refractivity contribution in [1.82, 2.24) is 0 Å². The van der Waals surface area contributed by atoms with Gasteiger partial charge in [0, 0.05) is 24.3 Å². The van der Waals surface area contributed by atoms with Crippen molar-refractivity contribution in [3.8, 4) is 0 Å². The van der Waals surface area contributed by atoms with Gasteiger partial charge in [-0.15, -0.1) is 0 Å². The topological polar surface area (TPSA) is 3.24 Å². The molecule has 0 spiro atoms. The monoisotopic (exact) mass is 239 g/mol. The predicted molar refractivity (Wildman–Crippen MR) is 63.2 cm³/mol. The largest absolute Gasteiger partial charge is 0.378 e. The Morgan fingerprint density at radius 1 is 1.31 bits per heavy atom. The molecule has 0 amide bonds. The molecule has 0 aliphatic heterocycles. The van der Waals surface area contributed by atoms with Gasteiger partial charge in [0.2, 0.25) is 0 Å². The molecule has 0 bridgehead atoms. The summed E-state index contributed by atoms with van der Waals surface area (Å²) < 4.78 is 1.14. The fourth-order valence-corrected chi connectivity index (χ4v) is 1.50. The van der Waals surface area contributed by atoms with Gasteiger partial charge in [0.05, 0.1) is 0 Å². The summed E-state index contributed by atoms with van der Waals surface area (Å²) in [5, 5.41) is 0. The number of hydrogen-bond donors (Lipinski definition) is 0. The summed E-state index contributed by atoms with van der Waals surface area (Å²) in [5.41, 5.74) is 2.44. The van der Waals surface area contributed by atoms with Crippen LogP contribution in [0, 0.1) is 0 Å². The third kappa shape index (κ3) is 2.59. The Hall–Kier alpha value is -0.760. The maximum absolute atomic E-state index is 3.51. The quantitative estimate of drug-likeness (QED) is 0.764. The van der Waals surface area contributed by atoms with Gasteiger partial charge in [-0.25, -0.2) is 0 Å². The molecule has 0 saturated heterocycles. The lowest BCUT2D eigenvalue weighted by atomic mass is 10.2. The van der Waals surface area contributed by atoms with Crippen molar-refractivity contribution in [1.29, 1.82) is 0 Å². The Morgan fingerprint density at radius 2 is 2.00 bits per heavy atom. The Kier molecular flexibility index (Phi) is 3.55. The molecule has 0 saturated carbocycles. The summed E-state index contributed by atoms with van der Waals surface area (Å²) >= 11 is 3.51. The fourth-order valence-electron chi connectivity index (χ4n) is 1.12. The van der Waals surface area contributed by atoms with Crippen LogP contribution >= 0.6 is 15.9 Å². The van der Waals surface area contributed by atoms with Crippen molar-refractivity contribution in [3.63, 3.8) is 0 Å². The molecule has 0 fully saturated rings. The first kappa shape index (κ1) is 10.3. The van der Waals surface area contributed by atoms with Crippen molar-refractivity contribution in [2.24, 2.45) is 0 Å². The van der Waals surface area contributed by atoms with Crippen LogP contribution in [-0.2, 0) is 0 Å². The number of anilines is 1. The first-order valence-corrected chi connectivity index (χ1v) is 5.04. The van der Waals surface area contributed by atoms with E-state index in [1.807, 2.05) is 27.1 Å². The lowest BCUT2D eigenvalue weighted by Gasteiger charge is -2.13. The van der Waals surface area contributed by atoms with Crippen LogP contribution in [0.2, 0.25) is 0 Å². The zero-order chi connectivity index (χ0) is 9.84. The highest BCUT2D eigenvalue weighted by atomic mass is 79.9. The molecule has 1 aromatic carbocycles. The van der Waals surface area contributed by atoms with Crippen LogP contribution in [0.5, 0.6) is 0 Å². The van der Waals surface area contributed by atoms with Crippen molar-refractivity contribution in [2.45, 2.75) is 6.92 Å². The van der Waals surface area contributed by atoms with Gasteiger partial charge in [-0.3, -0.25) is 0 Å². The Bertz CT molecular complexity index is 316. The van der Waals surface area contributed by atoms with Crippen LogP contribution in [0.3, 0.4) is 0 Å². The van der Waals surface area contributed by atoms with E-state index in [-0.39, 0.29) is 0 Å². The van der Waals surface area contributed by atoms with Crippen LogP contribution in [0.25, 0.3) is 6.08 Å². The van der Waals surface area contributed by atoms with Crippen molar-refractivity contribution < 1.29 is 0 Å². The van der Waals surface area contributed by atoms with E-state index < -0.39 is 0 Å². The normalized spacial score (nSPS) is 10.8. The molecule has 0 atom stereocenters. The summed E-state index contributed by atoms with van der Waals surface area (Å²) in [4.78, 5) is 2.10. The average molecular weight is 240 g/mol. The molecule has 0 aliphatic carbocycles. The third-order valence-electron chi connectivity index (χ3n) is 1.84. The number of hydrogen-bond acceptors (Lipinski definition) is 1. The lowest BCUT2D eigenvalue weighted by molar-refractivity contribution is 1.13. The highest BCUT2D eigenvalue weighted by Crippen LogP contribution is 2.23. The Balaban J connectivity index is 3.11. The highest BCUT2D eigenvalue weighted by Gasteiger charge is 1.99. The molecule has 0 N–H and O–H groups in total. The van der Waals surface area contributed by atoms with E-state index in [0.717, 1.165) is 4.47 Å². The maximum atomic E-state index is 3.51. The van der Waals surface area contributed by atoms with E-state index in [1.54, 1.807) is 0 Å². The van der Waals surface area contributed by atoms with Gasteiger partial charge in [0.15, 0.2) is 0 Å². The third-order valence-corrected chi connectivity index (χ3v) is 2.56. The van der Waals surface area contributed by atoms with Crippen LogP contribution in [0.1, 0.15) is 12.5 Å². The van der Waals surface area contributed by atoms with E-state index in [1.165, 1.54) is 11.3 Å². The molecule has 0 unspecified atom stereocenters. The second kappa shape index (κ2) is 4.47. The van der Waals surface area contributed by atoms with Gasteiger partial charge in [0.25, 0.3) is 0 Å². The molecule has 0 aromatic heterocycles. The van der Waals surface area contributed by atoms with Crippen LogP contribution < -0.4 is 4.90 Å². The summed E-state index contributed by atoms with van der Waals surface area (Å²) in [6, 6.07) is 6.33. The summed E-state index contributed by atoms with van der Waals surface area (Å²) in [7, 11) is 4.09. The van der Waals surface area contributed by atoms with Gasteiger partial charge in [-0.1, -0.05) is 28.1 Å². The number of rotatable bonds is 2. The first-order valence-electron chi connectivity index (χ1n) is 4.24. The zero-order valence-corrected chi connectivity index (χ0v) is 9.80. The van der Waals surface area contributed by atoms with E-state index in [4.69, 9.17) is 0 Å². The minimum Gasteiger partial charge on any atom is -0.378 e. The van der Waals surface area contributed by atoms with Crippen molar-refractivity contribution in [2.75, 3.05) is 19.0 Å². The molecular weight excluding hydrogens is 226 g/mol. The first-order chi connectivity index (χ1) is 6.15. The molecule has 1 rings (SSSR count). The summed E-state index contributed by atoms with van der Waals surface area (Å²) in [5.74, 6) is 0. The van der Waals surface area contributed by atoms with E-state index in [9.17, 15) is 0 Å². The second-order valence-electron chi connectivity index (χ2n) is 3.10. The molecule has 1 nitrogen and oxygen atoms in total. The number of benzene rings is 1. The highest BCUT2D eigenvalue weighted by molar-refractivity contribution is 9.10. The minimum atomic E-state index is 1.14. The molecule has 13 heavy (non-hydrogen) atoms. The predicted octanol–water partition coefficient (Wildman–Crippen LogP) is 3.55. The van der Waals surface area contributed by atoms with E-state index in [0.29, 0.717) is 0 Å². The van der Waals surface area contributed by atoms with Crippen molar-refractivity contribution >= 4 is 27.7 Å². The molecule has 0 aliphatic rings. The summed E-state index contributed by atoms with van der Waals surface area (Å²) in [6.07, 6.45) is 4.14. The van der Waals surface area contributed by atoms with Gasteiger partial charge in [-0.2, -0.15) is 0 Å². The molecule has 2 heteroatoms. The number of allylic oxidation sites excluding steroid dienone is 1. The molecule has 0 heterocycles. The Morgan fingerprint density at radius 3 is 2.54 bits per heavy atom. The average Bonchev–Trinajstić information content (AvgIpc) is 2.08. The van der Waals surface area contributed by atoms with Crippen LogP contribution in [-0.4, -0.2) is 14.1 Å². The zero-order valence-electron chi connectivity index (χ0n) is 8.21. The van der Waals surface area contributed by atoms with Gasteiger partial charge < -0.3 is 4.90 Å². The fraction of sp³-hybridized carbons (Fsp3) is 0.273. The molecule has 0 radical (unpaired) electrons. The SMILES string of the molecule is C/C=C/c1cc(N(C)C)ccc1Br. The minimum absolute atomic E-state index is 1.14. The molecule has 70 valence electrons. The van der Waals surface area contributed by atoms with Gasteiger partial charge in [0.1, 0.15) is 0 Å². The summed E-state index contributed by atoms with van der Waals surface area (Å²) in [6.45, 7) is 2.02. The number of nitrogens with zero attached hydrogens (tertiary/aromatic N) is 1. The van der Waals surface area contributed by atoms with E-state index >= 15 is 0 Å². The van der Waals surface area contributed by atoms with Crippen molar-refractivity contribution in [3.05, 3.63) is 34.3 Å². The van der Waals surface area contributed by atoms with Crippen LogP contribution in [0.4, 0.5) is 5.69 Å². The van der Waals surface area contributed by atoms with Gasteiger partial charge >= 0.3 is 0 Å². The Labute approximate surface area is 88.2 Å². The van der Waals surface area contributed by atoms with Crippen LogP contribution in [0.15, 0.2) is 28.7 Å². The maximum Gasteiger partial charge on any atom is 0.0367 e. The van der Waals surface area contributed by atoms with E-state index in [2.05, 4.69) is 45.1 Å². The smallest absolute Gasteiger partial charge is 0.0367 e. The lowest BCUT2D eigenvalue weighted by Crippen LogP contribution is -2.08. The second-order valence-corrected chi connectivity index (χ2v) is 3.95. The number of halogens is 1. The molecular formula is C11H14BrN. The van der Waals surface area contributed by atoms with Gasteiger partial charge in [-0.05, 0) is 30.7 Å². The molecule has 1 aromatic rings. The standard InChI is InChI=1S/C11H14BrN/c1-4-5-9-8-10(13(2)3)6-7-11(9)12/h4-8H,1-3H3/b5-4+.